The molecule has 118 valence electrons. The van der Waals surface area contributed by atoms with Crippen LogP contribution in [0.15, 0.2) is 60.7 Å². The van der Waals surface area contributed by atoms with Crippen molar-refractivity contribution in [1.82, 2.24) is 0 Å². The zero-order valence-electron chi connectivity index (χ0n) is 12.3. The molecule has 0 saturated carbocycles. The van der Waals surface area contributed by atoms with E-state index in [0.717, 1.165) is 11.5 Å². The van der Waals surface area contributed by atoms with E-state index in [0.29, 0.717) is 0 Å². The second-order valence-corrected chi connectivity index (χ2v) is 5.94. The van der Waals surface area contributed by atoms with Crippen molar-refractivity contribution < 1.29 is 9.90 Å². The fraction of sp³-hybridized carbons (Fsp3) is 0.235. The van der Waals surface area contributed by atoms with E-state index in [1.165, 1.54) is 11.1 Å². The van der Waals surface area contributed by atoms with E-state index >= 15 is 0 Å². The predicted octanol–water partition coefficient (Wildman–Crippen LogP) is 3.45. The summed E-state index contributed by atoms with van der Waals surface area (Å²) in [5.74, 6) is 1.37. The van der Waals surface area contributed by atoms with E-state index in [-0.39, 0.29) is 5.75 Å². The molecule has 22 heavy (non-hydrogen) atoms. The van der Waals surface area contributed by atoms with Gasteiger partial charge in [-0.15, -0.1) is 0 Å². The zero-order chi connectivity index (χ0) is 16.2. The number of carbonyl (C=O) groups is 1. The summed E-state index contributed by atoms with van der Waals surface area (Å²) >= 11 is 5.61. The molecular formula is C17H21NO2S2. The molecule has 0 fully saturated rings. The van der Waals surface area contributed by atoms with Gasteiger partial charge in [0.15, 0.2) is 0 Å². The Kier molecular flexibility index (Phi) is 9.46. The highest BCUT2D eigenvalue weighted by Crippen LogP contribution is 2.17. The van der Waals surface area contributed by atoms with Crippen molar-refractivity contribution in [3.63, 3.8) is 0 Å². The van der Waals surface area contributed by atoms with Gasteiger partial charge in [-0.25, -0.2) is 0 Å². The molecule has 3 nitrogen and oxygen atoms in total. The molecule has 1 atom stereocenters. The summed E-state index contributed by atoms with van der Waals surface area (Å²) in [5.41, 5.74) is 7.74. The molecular weight excluding hydrogens is 314 g/mol. The maximum absolute atomic E-state index is 9.76. The average molecular weight is 335 g/mol. The lowest BCUT2D eigenvalue weighted by molar-refractivity contribution is -0.137. The van der Waals surface area contributed by atoms with Crippen molar-refractivity contribution in [1.29, 1.82) is 0 Å². The topological polar surface area (TPSA) is 63.3 Å². The third-order valence-corrected chi connectivity index (χ3v) is 4.21. The van der Waals surface area contributed by atoms with Gasteiger partial charge in [-0.05, 0) is 11.1 Å². The van der Waals surface area contributed by atoms with Gasteiger partial charge in [-0.1, -0.05) is 60.7 Å². The van der Waals surface area contributed by atoms with Crippen molar-refractivity contribution in [3.05, 3.63) is 71.8 Å². The highest BCUT2D eigenvalue weighted by atomic mass is 32.2. The Hall–Kier alpha value is -1.43. The van der Waals surface area contributed by atoms with Gasteiger partial charge in [0.2, 0.25) is 0 Å². The smallest absolute Gasteiger partial charge is 0.321 e. The number of carboxylic acids is 1. The SMILES string of the molecule is N[C@@H](CS)C(=O)O.c1ccc(CSCc2ccccc2)cc1. The molecule has 2 aromatic carbocycles. The Morgan fingerprint density at radius 1 is 1.00 bits per heavy atom. The molecule has 0 aliphatic heterocycles. The van der Waals surface area contributed by atoms with Crippen LogP contribution in [0.25, 0.3) is 0 Å². The van der Waals surface area contributed by atoms with Crippen LogP contribution in [-0.4, -0.2) is 22.9 Å². The molecule has 0 unspecified atom stereocenters. The van der Waals surface area contributed by atoms with E-state index in [1.807, 2.05) is 11.8 Å². The van der Waals surface area contributed by atoms with Crippen LogP contribution in [0.3, 0.4) is 0 Å². The van der Waals surface area contributed by atoms with Gasteiger partial charge in [0.25, 0.3) is 0 Å². The summed E-state index contributed by atoms with van der Waals surface area (Å²) in [6.45, 7) is 0. The number of thioether (sulfide) groups is 1. The highest BCUT2D eigenvalue weighted by molar-refractivity contribution is 7.97. The third-order valence-electron chi connectivity index (χ3n) is 2.74. The molecule has 0 saturated heterocycles. The van der Waals surface area contributed by atoms with Gasteiger partial charge in [0.1, 0.15) is 6.04 Å². The van der Waals surface area contributed by atoms with E-state index in [2.05, 4.69) is 73.3 Å². The predicted molar refractivity (Wildman–Crippen MR) is 97.3 cm³/mol. The van der Waals surface area contributed by atoms with Crippen molar-refractivity contribution in [2.45, 2.75) is 17.5 Å². The minimum atomic E-state index is -1.00. The molecule has 2 aromatic rings. The number of aliphatic carboxylic acids is 1. The summed E-state index contributed by atoms with van der Waals surface area (Å²) in [4.78, 5) is 9.76. The van der Waals surface area contributed by atoms with Crippen molar-refractivity contribution in [3.8, 4) is 0 Å². The van der Waals surface area contributed by atoms with Crippen LogP contribution in [-0.2, 0) is 16.3 Å². The first-order valence-electron chi connectivity index (χ1n) is 6.88. The first-order valence-corrected chi connectivity index (χ1v) is 8.67. The van der Waals surface area contributed by atoms with Crippen molar-refractivity contribution in [2.24, 2.45) is 5.73 Å². The average Bonchev–Trinajstić information content (AvgIpc) is 2.56. The molecule has 0 bridgehead atoms. The second-order valence-electron chi connectivity index (χ2n) is 4.59. The van der Waals surface area contributed by atoms with E-state index in [1.54, 1.807) is 0 Å². The molecule has 2 rings (SSSR count). The summed E-state index contributed by atoms with van der Waals surface area (Å²) in [5, 5.41) is 8.01. The molecule has 0 aromatic heterocycles. The van der Waals surface area contributed by atoms with Gasteiger partial charge >= 0.3 is 5.97 Å². The maximum Gasteiger partial charge on any atom is 0.321 e. The van der Waals surface area contributed by atoms with Gasteiger partial charge in [-0.3, -0.25) is 4.79 Å². The summed E-state index contributed by atoms with van der Waals surface area (Å²) in [6.07, 6.45) is 0. The van der Waals surface area contributed by atoms with Crippen molar-refractivity contribution >= 4 is 30.4 Å². The Morgan fingerprint density at radius 2 is 1.41 bits per heavy atom. The Morgan fingerprint density at radius 3 is 1.68 bits per heavy atom. The highest BCUT2D eigenvalue weighted by Gasteiger charge is 2.06. The Labute approximate surface area is 141 Å². The van der Waals surface area contributed by atoms with Crippen LogP contribution in [0.4, 0.5) is 0 Å². The van der Waals surface area contributed by atoms with Crippen LogP contribution in [0.5, 0.6) is 0 Å². The normalized spacial score (nSPS) is 11.2. The third kappa shape index (κ3) is 8.12. The van der Waals surface area contributed by atoms with Crippen LogP contribution < -0.4 is 5.73 Å². The van der Waals surface area contributed by atoms with Crippen LogP contribution in [0.1, 0.15) is 11.1 Å². The second kappa shape index (κ2) is 11.2. The van der Waals surface area contributed by atoms with Crippen LogP contribution >= 0.6 is 24.4 Å². The molecule has 3 N–H and O–H groups in total. The molecule has 0 amide bonds. The number of hydrogen-bond donors (Lipinski definition) is 3. The monoisotopic (exact) mass is 335 g/mol. The fourth-order valence-corrected chi connectivity index (χ4v) is 2.63. The maximum atomic E-state index is 9.76. The van der Waals surface area contributed by atoms with Gasteiger partial charge in [0.05, 0.1) is 0 Å². The molecule has 0 heterocycles. The van der Waals surface area contributed by atoms with Crippen LogP contribution in [0.2, 0.25) is 0 Å². The van der Waals surface area contributed by atoms with E-state index < -0.39 is 12.0 Å². The summed E-state index contributed by atoms with van der Waals surface area (Å²) in [7, 11) is 0. The quantitative estimate of drug-likeness (QED) is 0.708. The molecule has 0 aliphatic rings. The Bertz CT molecular complexity index is 495. The summed E-state index contributed by atoms with van der Waals surface area (Å²) in [6, 6.07) is 20.4. The minimum Gasteiger partial charge on any atom is -0.480 e. The zero-order valence-corrected chi connectivity index (χ0v) is 14.0. The molecule has 0 spiro atoms. The lowest BCUT2D eigenvalue weighted by Crippen LogP contribution is -2.31. The largest absolute Gasteiger partial charge is 0.480 e. The van der Waals surface area contributed by atoms with Crippen molar-refractivity contribution in [2.75, 3.05) is 5.75 Å². The first kappa shape index (κ1) is 18.6. The van der Waals surface area contributed by atoms with E-state index in [4.69, 9.17) is 10.8 Å². The summed E-state index contributed by atoms with van der Waals surface area (Å²) < 4.78 is 0. The molecule has 0 aliphatic carbocycles. The van der Waals surface area contributed by atoms with E-state index in [9.17, 15) is 4.79 Å². The number of rotatable bonds is 6. The molecule has 0 radical (unpaired) electrons. The van der Waals surface area contributed by atoms with Gasteiger partial charge < -0.3 is 10.8 Å². The van der Waals surface area contributed by atoms with Crippen LogP contribution in [0, 0.1) is 0 Å². The number of nitrogens with two attached hydrogens (primary N) is 1. The number of carboxylic acid groups (broad SMARTS) is 1. The van der Waals surface area contributed by atoms with Gasteiger partial charge in [-0.2, -0.15) is 24.4 Å². The van der Waals surface area contributed by atoms with Gasteiger partial charge in [0, 0.05) is 17.3 Å². The number of benzene rings is 2. The molecule has 5 heteroatoms. The standard InChI is InChI=1S/C14H14S.C3H7NO2S/c1-3-7-13(8-4-1)11-15-12-14-9-5-2-6-10-14;4-2(1-7)3(5)6/h1-10H,11-12H2;2,7H,1,4H2,(H,5,6)/t;2-/m.0/s1. The lowest BCUT2D eigenvalue weighted by atomic mass is 10.2. The number of thiol groups is 1. The first-order chi connectivity index (χ1) is 10.6. The Balaban J connectivity index is 0.000000295. The minimum absolute atomic E-state index is 0.190. The number of hydrogen-bond acceptors (Lipinski definition) is 4. The lowest BCUT2D eigenvalue weighted by Gasteiger charge is -2.01. The fourth-order valence-electron chi connectivity index (χ4n) is 1.51.